The average molecular weight is 183 g/mol. The zero-order chi connectivity index (χ0) is 9.54. The molecule has 0 aliphatic rings. The van der Waals surface area contributed by atoms with Crippen molar-refractivity contribution in [3.8, 4) is 0 Å². The first-order valence-electron chi connectivity index (χ1n) is 4.52. The second-order valence-corrected chi connectivity index (χ2v) is 3.38. The molecule has 0 amide bonds. The first kappa shape index (κ1) is 7.50. The summed E-state index contributed by atoms with van der Waals surface area (Å²) in [5.41, 5.74) is 1.93. The summed E-state index contributed by atoms with van der Waals surface area (Å²) in [6.07, 6.45) is 3.82. The lowest BCUT2D eigenvalue weighted by Crippen LogP contribution is -1.85. The Morgan fingerprint density at radius 1 is 1.21 bits per heavy atom. The topological polar surface area (TPSA) is 30.7 Å². The van der Waals surface area contributed by atoms with Crippen molar-refractivity contribution >= 4 is 21.8 Å². The van der Waals surface area contributed by atoms with Crippen LogP contribution in [0.25, 0.3) is 21.8 Å². The molecule has 3 nitrogen and oxygen atoms in total. The number of pyridine rings is 1. The molecule has 0 aliphatic heterocycles. The Morgan fingerprint density at radius 3 is 3.00 bits per heavy atom. The molecule has 68 valence electrons. The first-order valence-corrected chi connectivity index (χ1v) is 4.52. The van der Waals surface area contributed by atoms with E-state index in [4.69, 9.17) is 0 Å². The van der Waals surface area contributed by atoms with Gasteiger partial charge in [0.15, 0.2) is 0 Å². The summed E-state index contributed by atoms with van der Waals surface area (Å²) >= 11 is 0. The van der Waals surface area contributed by atoms with Gasteiger partial charge in [-0.15, -0.1) is 0 Å². The number of aryl methyl sites for hydroxylation is 1. The predicted octanol–water partition coefficient (Wildman–Crippen LogP) is 2.12. The fourth-order valence-electron chi connectivity index (χ4n) is 1.73. The highest BCUT2D eigenvalue weighted by molar-refractivity contribution is 6.02. The lowest BCUT2D eigenvalue weighted by atomic mass is 10.1. The lowest BCUT2D eigenvalue weighted by molar-refractivity contribution is 0.780. The molecule has 1 aromatic carbocycles. The molecule has 0 fully saturated rings. The number of benzene rings is 1. The van der Waals surface area contributed by atoms with E-state index in [9.17, 15) is 0 Å². The molecular weight excluding hydrogens is 174 g/mol. The number of fused-ring (bicyclic) bond motifs is 3. The van der Waals surface area contributed by atoms with E-state index in [0.717, 1.165) is 21.8 Å². The van der Waals surface area contributed by atoms with Gasteiger partial charge in [0.25, 0.3) is 0 Å². The van der Waals surface area contributed by atoms with E-state index in [2.05, 4.69) is 22.2 Å². The molecule has 0 radical (unpaired) electrons. The van der Waals surface area contributed by atoms with Gasteiger partial charge in [-0.05, 0) is 0 Å². The van der Waals surface area contributed by atoms with Crippen LogP contribution in [0.1, 0.15) is 0 Å². The maximum Gasteiger partial charge on any atom is 0.119 e. The Morgan fingerprint density at radius 2 is 2.07 bits per heavy atom. The summed E-state index contributed by atoms with van der Waals surface area (Å²) in [6.45, 7) is 0. The number of hydrogen-bond donors (Lipinski definition) is 0. The Hall–Kier alpha value is -1.90. The Balaban J connectivity index is 2.60. The molecular formula is C11H9N3. The maximum atomic E-state index is 4.40. The normalized spacial score (nSPS) is 11.2. The molecule has 3 rings (SSSR count). The molecule has 0 atom stereocenters. The van der Waals surface area contributed by atoms with E-state index in [1.165, 1.54) is 0 Å². The highest BCUT2D eigenvalue weighted by Crippen LogP contribution is 2.20. The van der Waals surface area contributed by atoms with Crippen molar-refractivity contribution in [1.82, 2.24) is 14.8 Å². The summed E-state index contributed by atoms with van der Waals surface area (Å²) in [5, 5.41) is 6.70. The summed E-state index contributed by atoms with van der Waals surface area (Å²) in [7, 11) is 1.91. The predicted molar refractivity (Wildman–Crippen MR) is 56.0 cm³/mol. The van der Waals surface area contributed by atoms with Gasteiger partial charge in [-0.1, -0.05) is 24.3 Å². The third kappa shape index (κ3) is 0.923. The molecule has 0 spiro atoms. The van der Waals surface area contributed by atoms with Crippen molar-refractivity contribution in [1.29, 1.82) is 0 Å². The second kappa shape index (κ2) is 2.54. The Labute approximate surface area is 81.0 Å². The molecule has 14 heavy (non-hydrogen) atoms. The standard InChI is InChI=1S/C11H9N3/c1-14-7-10-11(13-14)9-5-3-2-4-8(9)6-12-10/h2-7H,1H3. The van der Waals surface area contributed by atoms with Gasteiger partial charge in [-0.2, -0.15) is 5.10 Å². The number of nitrogens with zero attached hydrogens (tertiary/aromatic N) is 3. The number of hydrogen-bond acceptors (Lipinski definition) is 2. The van der Waals surface area contributed by atoms with Crippen LogP contribution in [-0.2, 0) is 7.05 Å². The lowest BCUT2D eigenvalue weighted by Gasteiger charge is -1.95. The molecule has 0 N–H and O–H groups in total. The summed E-state index contributed by atoms with van der Waals surface area (Å²) in [5.74, 6) is 0. The fourth-order valence-corrected chi connectivity index (χ4v) is 1.73. The van der Waals surface area contributed by atoms with E-state index < -0.39 is 0 Å². The highest BCUT2D eigenvalue weighted by Gasteiger charge is 2.03. The third-order valence-electron chi connectivity index (χ3n) is 2.37. The van der Waals surface area contributed by atoms with E-state index in [1.54, 1.807) is 4.68 Å². The van der Waals surface area contributed by atoms with Crippen molar-refractivity contribution in [2.45, 2.75) is 0 Å². The smallest absolute Gasteiger partial charge is 0.119 e. The zero-order valence-electron chi connectivity index (χ0n) is 7.81. The van der Waals surface area contributed by atoms with Crippen LogP contribution in [0.3, 0.4) is 0 Å². The Bertz CT molecular complexity index is 610. The zero-order valence-corrected chi connectivity index (χ0v) is 7.81. The van der Waals surface area contributed by atoms with Gasteiger partial charge in [0.1, 0.15) is 11.0 Å². The van der Waals surface area contributed by atoms with Gasteiger partial charge >= 0.3 is 0 Å². The van der Waals surface area contributed by atoms with E-state index in [0.29, 0.717) is 0 Å². The van der Waals surface area contributed by atoms with Gasteiger partial charge in [0.2, 0.25) is 0 Å². The van der Waals surface area contributed by atoms with Crippen LogP contribution in [0, 0.1) is 0 Å². The highest BCUT2D eigenvalue weighted by atomic mass is 15.3. The molecule has 2 aromatic heterocycles. The molecule has 3 aromatic rings. The van der Waals surface area contributed by atoms with Crippen molar-refractivity contribution in [2.24, 2.45) is 7.05 Å². The largest absolute Gasteiger partial charge is 0.273 e. The second-order valence-electron chi connectivity index (χ2n) is 3.38. The molecule has 0 unspecified atom stereocenters. The van der Waals surface area contributed by atoms with Crippen molar-refractivity contribution < 1.29 is 0 Å². The third-order valence-corrected chi connectivity index (χ3v) is 2.37. The van der Waals surface area contributed by atoms with Crippen LogP contribution in [0.5, 0.6) is 0 Å². The fraction of sp³-hybridized carbons (Fsp3) is 0.0909. The van der Waals surface area contributed by atoms with Crippen LogP contribution in [0.4, 0.5) is 0 Å². The monoisotopic (exact) mass is 183 g/mol. The summed E-state index contributed by atoms with van der Waals surface area (Å²) in [4.78, 5) is 4.35. The van der Waals surface area contributed by atoms with Crippen LogP contribution in [0.2, 0.25) is 0 Å². The average Bonchev–Trinajstić information content (AvgIpc) is 2.59. The van der Waals surface area contributed by atoms with E-state index in [1.807, 2.05) is 31.6 Å². The molecule has 0 saturated carbocycles. The van der Waals surface area contributed by atoms with Crippen molar-refractivity contribution in [3.63, 3.8) is 0 Å². The molecule has 0 aliphatic carbocycles. The number of rotatable bonds is 0. The molecule has 0 bridgehead atoms. The molecule has 2 heterocycles. The van der Waals surface area contributed by atoms with Gasteiger partial charge < -0.3 is 0 Å². The van der Waals surface area contributed by atoms with Crippen LogP contribution >= 0.6 is 0 Å². The minimum atomic E-state index is 0.950. The summed E-state index contributed by atoms with van der Waals surface area (Å²) < 4.78 is 1.80. The SMILES string of the molecule is Cn1cc2ncc3ccccc3c2n1. The Kier molecular flexibility index (Phi) is 1.36. The minimum absolute atomic E-state index is 0.950. The van der Waals surface area contributed by atoms with Gasteiger partial charge in [-0.25, -0.2) is 0 Å². The molecule has 0 saturated heterocycles. The quantitative estimate of drug-likeness (QED) is 0.534. The summed E-state index contributed by atoms with van der Waals surface area (Å²) in [6, 6.07) is 8.16. The van der Waals surface area contributed by atoms with Crippen LogP contribution in [0.15, 0.2) is 36.7 Å². The van der Waals surface area contributed by atoms with Gasteiger partial charge in [0, 0.05) is 24.0 Å². The van der Waals surface area contributed by atoms with Crippen molar-refractivity contribution in [3.05, 3.63) is 36.7 Å². The van der Waals surface area contributed by atoms with E-state index >= 15 is 0 Å². The van der Waals surface area contributed by atoms with E-state index in [-0.39, 0.29) is 0 Å². The number of aromatic nitrogens is 3. The van der Waals surface area contributed by atoms with Crippen LogP contribution < -0.4 is 0 Å². The molecule has 3 heteroatoms. The van der Waals surface area contributed by atoms with Gasteiger partial charge in [-0.3, -0.25) is 9.67 Å². The minimum Gasteiger partial charge on any atom is -0.273 e. The van der Waals surface area contributed by atoms with Crippen molar-refractivity contribution in [2.75, 3.05) is 0 Å². The van der Waals surface area contributed by atoms with Gasteiger partial charge in [0.05, 0.1) is 6.20 Å². The maximum absolute atomic E-state index is 4.40. The first-order chi connectivity index (χ1) is 6.84. The van der Waals surface area contributed by atoms with Crippen LogP contribution in [-0.4, -0.2) is 14.8 Å².